The first-order valence-corrected chi connectivity index (χ1v) is 8.36. The van der Waals surface area contributed by atoms with Crippen molar-refractivity contribution in [3.05, 3.63) is 30.3 Å². The van der Waals surface area contributed by atoms with Crippen molar-refractivity contribution in [2.24, 2.45) is 0 Å². The SMILES string of the molecule is CCC(=O)N1CCC(NS(=O)(=O)c2ccccc2)CC1. The van der Waals surface area contributed by atoms with Crippen molar-refractivity contribution in [1.82, 2.24) is 9.62 Å². The second-order valence-corrected chi connectivity index (χ2v) is 6.66. The summed E-state index contributed by atoms with van der Waals surface area (Å²) < 4.78 is 27.1. The predicted octanol–water partition coefficient (Wildman–Crippen LogP) is 1.37. The molecule has 0 bridgehead atoms. The third-order valence-corrected chi connectivity index (χ3v) is 5.06. The van der Waals surface area contributed by atoms with Crippen molar-refractivity contribution in [2.45, 2.75) is 37.1 Å². The molecule has 1 N–H and O–H groups in total. The van der Waals surface area contributed by atoms with E-state index in [4.69, 9.17) is 0 Å². The Bertz CT molecular complexity index is 549. The molecule has 0 spiro atoms. The molecule has 20 heavy (non-hydrogen) atoms. The van der Waals surface area contributed by atoms with Gasteiger partial charge in [-0.15, -0.1) is 0 Å². The lowest BCUT2D eigenvalue weighted by molar-refractivity contribution is -0.131. The number of hydrogen-bond donors (Lipinski definition) is 1. The Kier molecular flexibility index (Phi) is 4.77. The maximum absolute atomic E-state index is 12.2. The molecule has 1 fully saturated rings. The number of nitrogens with one attached hydrogen (secondary N) is 1. The number of hydrogen-bond acceptors (Lipinski definition) is 3. The van der Waals surface area contributed by atoms with Gasteiger partial charge in [0.05, 0.1) is 4.90 Å². The molecule has 110 valence electrons. The third-order valence-electron chi connectivity index (χ3n) is 3.53. The zero-order chi connectivity index (χ0) is 14.6. The van der Waals surface area contributed by atoms with E-state index in [9.17, 15) is 13.2 Å². The highest BCUT2D eigenvalue weighted by Gasteiger charge is 2.25. The molecule has 1 saturated heterocycles. The van der Waals surface area contributed by atoms with Crippen LogP contribution in [0.2, 0.25) is 0 Å². The summed E-state index contributed by atoms with van der Waals surface area (Å²) in [7, 11) is -3.46. The molecular formula is C14H20N2O3S. The second-order valence-electron chi connectivity index (χ2n) is 4.94. The van der Waals surface area contributed by atoms with E-state index in [-0.39, 0.29) is 16.8 Å². The van der Waals surface area contributed by atoms with Gasteiger partial charge in [0, 0.05) is 25.6 Å². The van der Waals surface area contributed by atoms with Crippen molar-refractivity contribution < 1.29 is 13.2 Å². The largest absolute Gasteiger partial charge is 0.343 e. The molecule has 6 heteroatoms. The van der Waals surface area contributed by atoms with Crippen LogP contribution in [0.4, 0.5) is 0 Å². The van der Waals surface area contributed by atoms with E-state index in [0.29, 0.717) is 32.4 Å². The number of likely N-dealkylation sites (tertiary alicyclic amines) is 1. The predicted molar refractivity (Wildman–Crippen MR) is 76.7 cm³/mol. The van der Waals surface area contributed by atoms with Gasteiger partial charge in [0.25, 0.3) is 0 Å². The first-order chi connectivity index (χ1) is 9.53. The summed E-state index contributed by atoms with van der Waals surface area (Å²) in [4.78, 5) is 13.7. The average Bonchev–Trinajstić information content (AvgIpc) is 2.48. The van der Waals surface area contributed by atoms with Gasteiger partial charge in [0.15, 0.2) is 0 Å². The molecule has 1 heterocycles. The van der Waals surface area contributed by atoms with Crippen LogP contribution >= 0.6 is 0 Å². The highest BCUT2D eigenvalue weighted by molar-refractivity contribution is 7.89. The molecule has 5 nitrogen and oxygen atoms in total. The number of carbonyl (C=O) groups is 1. The van der Waals surface area contributed by atoms with Crippen LogP contribution in [-0.4, -0.2) is 38.4 Å². The van der Waals surface area contributed by atoms with Gasteiger partial charge in [-0.05, 0) is 25.0 Å². The lowest BCUT2D eigenvalue weighted by Crippen LogP contribution is -2.46. The Labute approximate surface area is 120 Å². The van der Waals surface area contributed by atoms with Crippen LogP contribution in [0, 0.1) is 0 Å². The van der Waals surface area contributed by atoms with Gasteiger partial charge < -0.3 is 4.90 Å². The number of piperidine rings is 1. The molecule has 0 saturated carbocycles. The van der Waals surface area contributed by atoms with Crippen molar-refractivity contribution in [3.8, 4) is 0 Å². The minimum atomic E-state index is -3.46. The van der Waals surface area contributed by atoms with Gasteiger partial charge in [-0.3, -0.25) is 4.79 Å². The summed E-state index contributed by atoms with van der Waals surface area (Å²) in [6, 6.07) is 8.26. The molecule has 1 aromatic carbocycles. The Hall–Kier alpha value is -1.40. The number of rotatable bonds is 4. The summed E-state index contributed by atoms with van der Waals surface area (Å²) in [6.45, 7) is 3.08. The fourth-order valence-corrected chi connectivity index (χ4v) is 3.68. The van der Waals surface area contributed by atoms with Gasteiger partial charge in [0.2, 0.25) is 15.9 Å². The smallest absolute Gasteiger partial charge is 0.240 e. The fourth-order valence-electron chi connectivity index (χ4n) is 2.36. The molecule has 1 aromatic rings. The maximum Gasteiger partial charge on any atom is 0.240 e. The van der Waals surface area contributed by atoms with Crippen molar-refractivity contribution in [1.29, 1.82) is 0 Å². The van der Waals surface area contributed by atoms with Crippen LogP contribution in [0.15, 0.2) is 35.2 Å². The Morgan fingerprint density at radius 3 is 2.40 bits per heavy atom. The number of benzene rings is 1. The molecule has 0 aliphatic carbocycles. The first kappa shape index (κ1) is 15.0. The number of carbonyl (C=O) groups excluding carboxylic acids is 1. The van der Waals surface area contributed by atoms with E-state index < -0.39 is 10.0 Å². The summed E-state index contributed by atoms with van der Waals surface area (Å²) in [6.07, 6.45) is 1.83. The molecular weight excluding hydrogens is 276 g/mol. The molecule has 1 amide bonds. The van der Waals surface area contributed by atoms with Crippen LogP contribution in [0.3, 0.4) is 0 Å². The minimum absolute atomic E-state index is 0.0962. The van der Waals surface area contributed by atoms with Crippen LogP contribution in [0.25, 0.3) is 0 Å². The summed E-state index contributed by atoms with van der Waals surface area (Å²) in [5, 5.41) is 0. The normalized spacial score (nSPS) is 17.1. The highest BCUT2D eigenvalue weighted by atomic mass is 32.2. The van der Waals surface area contributed by atoms with E-state index in [1.165, 1.54) is 0 Å². The van der Waals surface area contributed by atoms with E-state index in [2.05, 4.69) is 4.72 Å². The van der Waals surface area contributed by atoms with Gasteiger partial charge in [-0.2, -0.15) is 0 Å². The quantitative estimate of drug-likeness (QED) is 0.912. The molecule has 0 unspecified atom stereocenters. The van der Waals surface area contributed by atoms with Gasteiger partial charge >= 0.3 is 0 Å². The lowest BCUT2D eigenvalue weighted by atomic mass is 10.1. The summed E-state index contributed by atoms with van der Waals surface area (Å²) in [5.41, 5.74) is 0. The zero-order valence-electron chi connectivity index (χ0n) is 11.6. The van der Waals surface area contributed by atoms with Gasteiger partial charge in [0.1, 0.15) is 0 Å². The fraction of sp³-hybridized carbons (Fsp3) is 0.500. The van der Waals surface area contributed by atoms with Crippen LogP contribution < -0.4 is 4.72 Å². The van der Waals surface area contributed by atoms with E-state index >= 15 is 0 Å². The maximum atomic E-state index is 12.2. The summed E-state index contributed by atoms with van der Waals surface area (Å²) in [5.74, 6) is 0.134. The number of sulfonamides is 1. The van der Waals surface area contributed by atoms with Crippen molar-refractivity contribution in [2.75, 3.05) is 13.1 Å². The topological polar surface area (TPSA) is 66.5 Å². The van der Waals surface area contributed by atoms with E-state index in [1.54, 1.807) is 35.2 Å². The lowest BCUT2D eigenvalue weighted by Gasteiger charge is -2.32. The molecule has 0 radical (unpaired) electrons. The monoisotopic (exact) mass is 296 g/mol. The third kappa shape index (κ3) is 3.58. The molecule has 0 aromatic heterocycles. The Balaban J connectivity index is 1.94. The van der Waals surface area contributed by atoms with Crippen molar-refractivity contribution in [3.63, 3.8) is 0 Å². The number of nitrogens with zero attached hydrogens (tertiary/aromatic N) is 1. The standard InChI is InChI=1S/C14H20N2O3S/c1-2-14(17)16-10-8-12(9-11-16)15-20(18,19)13-6-4-3-5-7-13/h3-7,12,15H,2,8-11H2,1H3. The Morgan fingerprint density at radius 2 is 1.85 bits per heavy atom. The van der Waals surface area contributed by atoms with Gasteiger partial charge in [-0.25, -0.2) is 13.1 Å². The highest BCUT2D eigenvalue weighted by Crippen LogP contribution is 2.15. The van der Waals surface area contributed by atoms with E-state index in [1.807, 2.05) is 6.92 Å². The van der Waals surface area contributed by atoms with Crippen LogP contribution in [0.1, 0.15) is 26.2 Å². The van der Waals surface area contributed by atoms with E-state index in [0.717, 1.165) is 0 Å². The van der Waals surface area contributed by atoms with Gasteiger partial charge in [-0.1, -0.05) is 25.1 Å². The number of amides is 1. The molecule has 2 rings (SSSR count). The zero-order valence-corrected chi connectivity index (χ0v) is 12.4. The van der Waals surface area contributed by atoms with Crippen molar-refractivity contribution >= 4 is 15.9 Å². The summed E-state index contributed by atoms with van der Waals surface area (Å²) >= 11 is 0. The minimum Gasteiger partial charge on any atom is -0.343 e. The van der Waals surface area contributed by atoms with Crippen LogP contribution in [-0.2, 0) is 14.8 Å². The average molecular weight is 296 g/mol. The first-order valence-electron chi connectivity index (χ1n) is 6.88. The molecule has 1 aliphatic rings. The second kappa shape index (κ2) is 6.37. The Morgan fingerprint density at radius 1 is 1.25 bits per heavy atom. The molecule has 1 aliphatic heterocycles. The molecule has 0 atom stereocenters. The van der Waals surface area contributed by atoms with Crippen LogP contribution in [0.5, 0.6) is 0 Å².